The molecule has 2 aromatic heterocycles. The van der Waals surface area contributed by atoms with Crippen molar-refractivity contribution in [3.8, 4) is 0 Å². The van der Waals surface area contributed by atoms with Crippen LogP contribution in [0, 0.1) is 6.92 Å². The minimum Gasteiger partial charge on any atom is -0.324 e. The fourth-order valence-corrected chi connectivity index (χ4v) is 2.47. The molecule has 0 saturated heterocycles. The van der Waals surface area contributed by atoms with Crippen LogP contribution in [0.15, 0.2) is 30.6 Å². The summed E-state index contributed by atoms with van der Waals surface area (Å²) in [6.07, 6.45) is 3.73. The minimum atomic E-state index is 0.384. The van der Waals surface area contributed by atoms with Gasteiger partial charge in [0.1, 0.15) is 0 Å². The van der Waals surface area contributed by atoms with E-state index in [2.05, 4.69) is 40.3 Å². The van der Waals surface area contributed by atoms with Gasteiger partial charge in [0.2, 0.25) is 5.95 Å². The highest BCUT2D eigenvalue weighted by molar-refractivity contribution is 5.83. The standard InChI is InChI=1S/C16H19N5/c1-10(2)15-11(3)8-17-16(20-15)19-13-5-6-14-12(7-13)9-18-21(14)4/h5-10H,1-4H3,(H,17,19,20). The Hall–Kier alpha value is -2.43. The van der Waals surface area contributed by atoms with E-state index in [9.17, 15) is 0 Å². The Morgan fingerprint density at radius 2 is 2.00 bits per heavy atom. The van der Waals surface area contributed by atoms with Crippen LogP contribution in [-0.4, -0.2) is 19.7 Å². The number of fused-ring (bicyclic) bond motifs is 1. The molecule has 21 heavy (non-hydrogen) atoms. The summed E-state index contributed by atoms with van der Waals surface area (Å²) in [5.74, 6) is 1.02. The van der Waals surface area contributed by atoms with Gasteiger partial charge in [-0.1, -0.05) is 13.8 Å². The van der Waals surface area contributed by atoms with Gasteiger partial charge in [-0.25, -0.2) is 9.97 Å². The Kier molecular flexibility index (Phi) is 3.33. The maximum Gasteiger partial charge on any atom is 0.227 e. The fraction of sp³-hybridized carbons (Fsp3) is 0.312. The first-order valence-electron chi connectivity index (χ1n) is 7.07. The van der Waals surface area contributed by atoms with Gasteiger partial charge in [-0.2, -0.15) is 5.10 Å². The zero-order valence-electron chi connectivity index (χ0n) is 12.8. The van der Waals surface area contributed by atoms with Crippen molar-refractivity contribution in [2.75, 3.05) is 5.32 Å². The normalized spacial score (nSPS) is 11.3. The second kappa shape index (κ2) is 5.16. The molecule has 0 radical (unpaired) electrons. The van der Waals surface area contributed by atoms with Crippen LogP contribution in [0.5, 0.6) is 0 Å². The lowest BCUT2D eigenvalue weighted by Gasteiger charge is -2.11. The number of nitrogens with zero attached hydrogens (tertiary/aromatic N) is 4. The Morgan fingerprint density at radius 3 is 2.76 bits per heavy atom. The molecule has 0 atom stereocenters. The van der Waals surface area contributed by atoms with Crippen molar-refractivity contribution in [3.05, 3.63) is 41.9 Å². The Morgan fingerprint density at radius 1 is 1.19 bits per heavy atom. The molecule has 0 fully saturated rings. The highest BCUT2D eigenvalue weighted by Gasteiger charge is 2.08. The van der Waals surface area contributed by atoms with Crippen molar-refractivity contribution in [2.24, 2.45) is 7.05 Å². The van der Waals surface area contributed by atoms with E-state index in [1.54, 1.807) is 0 Å². The van der Waals surface area contributed by atoms with Crippen LogP contribution in [0.4, 0.5) is 11.6 Å². The molecule has 0 aliphatic rings. The van der Waals surface area contributed by atoms with Crippen molar-refractivity contribution in [1.29, 1.82) is 0 Å². The maximum atomic E-state index is 4.61. The minimum absolute atomic E-state index is 0.384. The van der Waals surface area contributed by atoms with Gasteiger partial charge in [0.15, 0.2) is 0 Å². The van der Waals surface area contributed by atoms with Gasteiger partial charge in [-0.3, -0.25) is 4.68 Å². The number of nitrogens with one attached hydrogen (secondary N) is 1. The number of hydrogen-bond donors (Lipinski definition) is 1. The maximum absolute atomic E-state index is 4.61. The molecule has 0 saturated carbocycles. The molecule has 0 spiro atoms. The zero-order chi connectivity index (χ0) is 15.0. The third-order valence-electron chi connectivity index (χ3n) is 3.56. The summed E-state index contributed by atoms with van der Waals surface area (Å²) in [5.41, 5.74) is 4.27. The van der Waals surface area contributed by atoms with E-state index < -0.39 is 0 Å². The Balaban J connectivity index is 1.92. The summed E-state index contributed by atoms with van der Waals surface area (Å²) >= 11 is 0. The number of aromatic nitrogens is 4. The first-order chi connectivity index (χ1) is 10.0. The second-order valence-corrected chi connectivity index (χ2v) is 5.58. The summed E-state index contributed by atoms with van der Waals surface area (Å²) in [6.45, 7) is 6.32. The SMILES string of the molecule is Cc1cnc(Nc2ccc3c(cnn3C)c2)nc1C(C)C. The first-order valence-corrected chi connectivity index (χ1v) is 7.07. The van der Waals surface area contributed by atoms with E-state index >= 15 is 0 Å². The number of anilines is 2. The van der Waals surface area contributed by atoms with Crippen LogP contribution in [0.25, 0.3) is 10.9 Å². The molecular weight excluding hydrogens is 262 g/mol. The van der Waals surface area contributed by atoms with E-state index in [-0.39, 0.29) is 0 Å². The topological polar surface area (TPSA) is 55.6 Å². The van der Waals surface area contributed by atoms with Crippen molar-refractivity contribution in [3.63, 3.8) is 0 Å². The number of aryl methyl sites for hydroxylation is 2. The summed E-state index contributed by atoms with van der Waals surface area (Å²) < 4.78 is 1.86. The molecule has 0 aliphatic heterocycles. The van der Waals surface area contributed by atoms with Gasteiger partial charge in [0.25, 0.3) is 0 Å². The molecule has 1 aromatic carbocycles. The van der Waals surface area contributed by atoms with Gasteiger partial charge in [-0.15, -0.1) is 0 Å². The third-order valence-corrected chi connectivity index (χ3v) is 3.56. The van der Waals surface area contributed by atoms with E-state index in [4.69, 9.17) is 0 Å². The highest BCUT2D eigenvalue weighted by Crippen LogP contribution is 2.22. The van der Waals surface area contributed by atoms with Crippen LogP contribution < -0.4 is 5.32 Å². The molecule has 3 rings (SSSR count). The lowest BCUT2D eigenvalue weighted by molar-refractivity contribution is 0.797. The van der Waals surface area contributed by atoms with Gasteiger partial charge >= 0.3 is 0 Å². The lowest BCUT2D eigenvalue weighted by Crippen LogP contribution is -2.03. The molecule has 108 valence electrons. The van der Waals surface area contributed by atoms with Crippen molar-refractivity contribution in [1.82, 2.24) is 19.7 Å². The summed E-state index contributed by atoms with van der Waals surface area (Å²) in [5, 5.41) is 8.61. The van der Waals surface area contributed by atoms with Crippen LogP contribution in [0.1, 0.15) is 31.0 Å². The van der Waals surface area contributed by atoms with Crippen molar-refractivity contribution in [2.45, 2.75) is 26.7 Å². The number of benzene rings is 1. The van der Waals surface area contributed by atoms with E-state index in [0.717, 1.165) is 27.8 Å². The summed E-state index contributed by atoms with van der Waals surface area (Å²) in [7, 11) is 1.94. The molecule has 0 amide bonds. The molecule has 5 nitrogen and oxygen atoms in total. The first kappa shape index (κ1) is 13.5. The predicted octanol–water partition coefficient (Wildman–Crippen LogP) is 3.54. The molecule has 0 bridgehead atoms. The highest BCUT2D eigenvalue weighted by atomic mass is 15.2. The van der Waals surface area contributed by atoms with E-state index in [1.165, 1.54) is 0 Å². The van der Waals surface area contributed by atoms with Crippen LogP contribution in [0.2, 0.25) is 0 Å². The average Bonchev–Trinajstić information content (AvgIpc) is 2.82. The van der Waals surface area contributed by atoms with Crippen molar-refractivity contribution >= 4 is 22.5 Å². The molecular formula is C16H19N5. The van der Waals surface area contributed by atoms with Crippen LogP contribution >= 0.6 is 0 Å². The molecule has 5 heteroatoms. The predicted molar refractivity (Wildman–Crippen MR) is 84.9 cm³/mol. The summed E-state index contributed by atoms with van der Waals surface area (Å²) in [6, 6.07) is 6.12. The van der Waals surface area contributed by atoms with Crippen LogP contribution in [0.3, 0.4) is 0 Å². The molecule has 3 aromatic rings. The van der Waals surface area contributed by atoms with Gasteiger partial charge in [0, 0.05) is 24.3 Å². The molecule has 0 aliphatic carbocycles. The lowest BCUT2D eigenvalue weighted by atomic mass is 10.1. The number of rotatable bonds is 3. The molecule has 1 N–H and O–H groups in total. The average molecular weight is 281 g/mol. The largest absolute Gasteiger partial charge is 0.324 e. The quantitative estimate of drug-likeness (QED) is 0.797. The smallest absolute Gasteiger partial charge is 0.227 e. The molecule has 0 unspecified atom stereocenters. The Labute approximate surface area is 124 Å². The Bertz CT molecular complexity index is 788. The fourth-order valence-electron chi connectivity index (χ4n) is 2.47. The van der Waals surface area contributed by atoms with Gasteiger partial charge < -0.3 is 5.32 Å². The number of hydrogen-bond acceptors (Lipinski definition) is 4. The van der Waals surface area contributed by atoms with E-state index in [0.29, 0.717) is 11.9 Å². The van der Waals surface area contributed by atoms with E-state index in [1.807, 2.05) is 43.2 Å². The van der Waals surface area contributed by atoms with Gasteiger partial charge in [0.05, 0.1) is 17.4 Å². The van der Waals surface area contributed by atoms with Gasteiger partial charge in [-0.05, 0) is 36.6 Å². The zero-order valence-corrected chi connectivity index (χ0v) is 12.8. The molecule has 2 heterocycles. The monoisotopic (exact) mass is 281 g/mol. The second-order valence-electron chi connectivity index (χ2n) is 5.58. The van der Waals surface area contributed by atoms with Crippen molar-refractivity contribution < 1.29 is 0 Å². The van der Waals surface area contributed by atoms with Crippen LogP contribution in [-0.2, 0) is 7.05 Å². The summed E-state index contributed by atoms with van der Waals surface area (Å²) in [4.78, 5) is 8.97. The third kappa shape index (κ3) is 2.59.